The van der Waals surface area contributed by atoms with Crippen LogP contribution in [-0.2, 0) is 0 Å². The predicted molar refractivity (Wildman–Crippen MR) is 79.5 cm³/mol. The van der Waals surface area contributed by atoms with E-state index in [0.717, 1.165) is 19.3 Å². The van der Waals surface area contributed by atoms with Gasteiger partial charge in [-0.25, -0.2) is 0 Å². The van der Waals surface area contributed by atoms with E-state index in [9.17, 15) is 4.79 Å². The van der Waals surface area contributed by atoms with Crippen LogP contribution in [0.5, 0.6) is 0 Å². The van der Waals surface area contributed by atoms with Crippen molar-refractivity contribution in [2.24, 2.45) is 0 Å². The van der Waals surface area contributed by atoms with Crippen LogP contribution < -0.4 is 0 Å². The van der Waals surface area contributed by atoms with E-state index >= 15 is 0 Å². The highest BCUT2D eigenvalue weighted by molar-refractivity contribution is 5.95. The van der Waals surface area contributed by atoms with Gasteiger partial charge in [-0.3, -0.25) is 4.79 Å². The van der Waals surface area contributed by atoms with E-state index in [1.165, 1.54) is 0 Å². The van der Waals surface area contributed by atoms with E-state index < -0.39 is 0 Å². The minimum atomic E-state index is -0.143. The summed E-state index contributed by atoms with van der Waals surface area (Å²) in [7, 11) is 0. The molecule has 2 aromatic heterocycles. The molecular weight excluding hydrogens is 282 g/mol. The van der Waals surface area contributed by atoms with E-state index in [-0.39, 0.29) is 17.9 Å². The molecule has 6 heteroatoms. The molecule has 0 radical (unpaired) electrons. The molecule has 3 heterocycles. The fraction of sp³-hybridized carbons (Fsp3) is 0.562. The number of carbonyl (C=O) groups is 1. The Morgan fingerprint density at radius 1 is 1.41 bits per heavy atom. The normalized spacial score (nSPS) is 18.9. The Bertz CT molecular complexity index is 659. The molecule has 2 aromatic rings. The Morgan fingerprint density at radius 2 is 2.23 bits per heavy atom. The lowest BCUT2D eigenvalue weighted by Gasteiger charge is -2.33. The van der Waals surface area contributed by atoms with Crippen molar-refractivity contribution in [2.75, 3.05) is 6.54 Å². The molecule has 22 heavy (non-hydrogen) atoms. The monoisotopic (exact) mass is 303 g/mol. The largest absolute Gasteiger partial charge is 0.469 e. The molecule has 3 rings (SSSR count). The first kappa shape index (κ1) is 14.8. The average molecular weight is 303 g/mol. The van der Waals surface area contributed by atoms with Crippen molar-refractivity contribution in [3.8, 4) is 0 Å². The fourth-order valence-corrected chi connectivity index (χ4v) is 2.81. The van der Waals surface area contributed by atoms with E-state index in [4.69, 9.17) is 8.94 Å². The number of carbonyl (C=O) groups excluding carboxylic acids is 1. The Labute approximate surface area is 129 Å². The third-order valence-electron chi connectivity index (χ3n) is 4.11. The highest BCUT2D eigenvalue weighted by Crippen LogP contribution is 2.32. The lowest BCUT2D eigenvalue weighted by molar-refractivity contribution is 0.0559. The lowest BCUT2D eigenvalue weighted by atomic mass is 10.0. The van der Waals surface area contributed by atoms with Crippen LogP contribution in [0.15, 0.2) is 21.3 Å². The second-order valence-electron chi connectivity index (χ2n) is 6.05. The first-order chi connectivity index (χ1) is 10.6. The Hall–Kier alpha value is -2.11. The zero-order valence-electron chi connectivity index (χ0n) is 13.2. The van der Waals surface area contributed by atoms with Crippen molar-refractivity contribution in [3.63, 3.8) is 0 Å². The number of hydrogen-bond acceptors (Lipinski definition) is 5. The Morgan fingerprint density at radius 3 is 2.86 bits per heavy atom. The van der Waals surface area contributed by atoms with Crippen molar-refractivity contribution < 1.29 is 13.7 Å². The van der Waals surface area contributed by atoms with Gasteiger partial charge >= 0.3 is 0 Å². The third kappa shape index (κ3) is 2.65. The molecule has 1 atom stereocenters. The van der Waals surface area contributed by atoms with Gasteiger partial charge in [-0.15, -0.1) is 0 Å². The second-order valence-corrected chi connectivity index (χ2v) is 6.05. The van der Waals surface area contributed by atoms with E-state index in [1.54, 1.807) is 19.3 Å². The minimum absolute atomic E-state index is 0.0275. The maximum atomic E-state index is 12.8. The number of likely N-dealkylation sites (tertiary alicyclic amines) is 1. The van der Waals surface area contributed by atoms with Gasteiger partial charge in [0.15, 0.2) is 5.82 Å². The van der Waals surface area contributed by atoms with Crippen molar-refractivity contribution in [1.82, 2.24) is 15.0 Å². The van der Waals surface area contributed by atoms with Crippen LogP contribution in [0.1, 0.15) is 72.9 Å². The van der Waals surface area contributed by atoms with Crippen molar-refractivity contribution in [1.29, 1.82) is 0 Å². The second kappa shape index (κ2) is 5.94. The van der Waals surface area contributed by atoms with E-state index in [1.807, 2.05) is 18.7 Å². The van der Waals surface area contributed by atoms with E-state index in [0.29, 0.717) is 29.6 Å². The molecule has 0 aliphatic carbocycles. The van der Waals surface area contributed by atoms with Gasteiger partial charge in [0.05, 0.1) is 11.8 Å². The molecule has 0 aromatic carbocycles. The minimum Gasteiger partial charge on any atom is -0.469 e. The molecule has 1 aliphatic heterocycles. The molecule has 0 bridgehead atoms. The zero-order chi connectivity index (χ0) is 15.7. The molecule has 1 fully saturated rings. The van der Waals surface area contributed by atoms with Crippen LogP contribution in [0.25, 0.3) is 0 Å². The van der Waals surface area contributed by atoms with Crippen LogP contribution >= 0.6 is 0 Å². The maximum absolute atomic E-state index is 12.8. The topological polar surface area (TPSA) is 72.4 Å². The van der Waals surface area contributed by atoms with Gasteiger partial charge in [0.2, 0.25) is 5.89 Å². The summed E-state index contributed by atoms with van der Waals surface area (Å²) in [6, 6.07) is 1.58. The number of furan rings is 1. The summed E-state index contributed by atoms with van der Waals surface area (Å²) in [5, 5.41) is 4.02. The molecular formula is C16H21N3O3. The number of hydrogen-bond donors (Lipinski definition) is 0. The van der Waals surface area contributed by atoms with Gasteiger partial charge in [-0.1, -0.05) is 19.0 Å². The van der Waals surface area contributed by atoms with Gasteiger partial charge < -0.3 is 13.8 Å². The molecule has 1 amide bonds. The Balaban J connectivity index is 1.87. The number of piperidine rings is 1. The number of nitrogens with zero attached hydrogens (tertiary/aromatic N) is 3. The van der Waals surface area contributed by atoms with Gasteiger partial charge in [-0.05, 0) is 32.3 Å². The number of rotatable bonds is 3. The molecule has 1 saturated heterocycles. The standard InChI is InChI=1S/C16H21N3O3/c1-10(2)14-17-15(22-18-14)13-6-4-5-8-19(13)16(20)12-7-9-21-11(12)3/h7,9-10,13H,4-6,8H2,1-3H3. The maximum Gasteiger partial charge on any atom is 0.258 e. The van der Waals surface area contributed by atoms with E-state index in [2.05, 4.69) is 10.1 Å². The summed E-state index contributed by atoms with van der Waals surface area (Å²) in [6.07, 6.45) is 4.44. The Kier molecular flexibility index (Phi) is 4.00. The summed E-state index contributed by atoms with van der Waals surface area (Å²) in [5.41, 5.74) is 0.607. The fourth-order valence-electron chi connectivity index (χ4n) is 2.81. The van der Waals surface area contributed by atoms with Crippen molar-refractivity contribution in [2.45, 2.75) is 52.0 Å². The average Bonchev–Trinajstić information content (AvgIpc) is 3.15. The highest BCUT2D eigenvalue weighted by Gasteiger charge is 2.33. The number of amides is 1. The quantitative estimate of drug-likeness (QED) is 0.868. The third-order valence-corrected chi connectivity index (χ3v) is 4.11. The molecule has 1 aliphatic rings. The van der Waals surface area contributed by atoms with Gasteiger partial charge in [0.1, 0.15) is 11.8 Å². The molecule has 0 spiro atoms. The number of aromatic nitrogens is 2. The smallest absolute Gasteiger partial charge is 0.258 e. The summed E-state index contributed by atoms with van der Waals surface area (Å²) >= 11 is 0. The molecule has 118 valence electrons. The summed E-state index contributed by atoms with van der Waals surface area (Å²) < 4.78 is 10.7. The van der Waals surface area contributed by atoms with Crippen LogP contribution in [0, 0.1) is 6.92 Å². The highest BCUT2D eigenvalue weighted by atomic mass is 16.5. The summed E-state index contributed by atoms with van der Waals surface area (Å²) in [4.78, 5) is 19.1. The molecule has 0 N–H and O–H groups in total. The SMILES string of the molecule is Cc1occc1C(=O)N1CCCCC1c1nc(C(C)C)no1. The van der Waals surface area contributed by atoms with Crippen LogP contribution in [0.3, 0.4) is 0 Å². The first-order valence-electron chi connectivity index (χ1n) is 7.76. The van der Waals surface area contributed by atoms with Gasteiger partial charge in [0, 0.05) is 12.5 Å². The number of aryl methyl sites for hydroxylation is 1. The van der Waals surface area contributed by atoms with Crippen molar-refractivity contribution >= 4 is 5.91 Å². The van der Waals surface area contributed by atoms with Gasteiger partial charge in [-0.2, -0.15) is 4.98 Å². The zero-order valence-corrected chi connectivity index (χ0v) is 13.2. The van der Waals surface area contributed by atoms with Crippen LogP contribution in [0.4, 0.5) is 0 Å². The summed E-state index contributed by atoms with van der Waals surface area (Å²) in [6.45, 7) is 6.55. The van der Waals surface area contributed by atoms with Crippen molar-refractivity contribution in [3.05, 3.63) is 35.4 Å². The van der Waals surface area contributed by atoms with Crippen LogP contribution in [-0.4, -0.2) is 27.5 Å². The first-order valence-corrected chi connectivity index (χ1v) is 7.76. The molecule has 0 saturated carbocycles. The molecule has 6 nitrogen and oxygen atoms in total. The summed E-state index contributed by atoms with van der Waals surface area (Å²) in [5.74, 6) is 2.05. The molecule has 1 unspecified atom stereocenters. The lowest BCUT2D eigenvalue weighted by Crippen LogP contribution is -2.38. The van der Waals surface area contributed by atoms with Crippen LogP contribution in [0.2, 0.25) is 0 Å². The van der Waals surface area contributed by atoms with Gasteiger partial charge in [0.25, 0.3) is 5.91 Å². The predicted octanol–water partition coefficient (Wildman–Crippen LogP) is 3.46.